The van der Waals surface area contributed by atoms with Crippen molar-refractivity contribution in [3.05, 3.63) is 15.0 Å². The van der Waals surface area contributed by atoms with Crippen molar-refractivity contribution in [1.29, 1.82) is 0 Å². The smallest absolute Gasteiger partial charge is 0.159 e. The molecule has 4 heteroatoms. The molecule has 0 radical (unpaired) electrons. The fraction of sp³-hybridized carbons (Fsp3) is 0.333. The summed E-state index contributed by atoms with van der Waals surface area (Å²) in [4.78, 5) is 14.6. The van der Waals surface area contributed by atoms with Crippen molar-refractivity contribution < 1.29 is 4.79 Å². The molecule has 1 aromatic heterocycles. The zero-order chi connectivity index (χ0) is 7.56. The second kappa shape index (κ2) is 3.25. The van der Waals surface area contributed by atoms with E-state index in [-0.39, 0.29) is 5.78 Å². The molecule has 1 rings (SSSR count). The molecule has 0 fully saturated rings. The van der Waals surface area contributed by atoms with E-state index in [0.717, 1.165) is 9.61 Å². The molecule has 0 amide bonds. The second-order valence-electron chi connectivity index (χ2n) is 1.97. The molecule has 10 heavy (non-hydrogen) atoms. The lowest BCUT2D eigenvalue weighted by Crippen LogP contribution is -1.95. The van der Waals surface area contributed by atoms with Crippen LogP contribution in [0.1, 0.15) is 12.6 Å². The SMILES string of the molecule is CC(=O)Cc1csc(Br)n1. The Balaban J connectivity index is 2.67. The van der Waals surface area contributed by atoms with Crippen molar-refractivity contribution in [1.82, 2.24) is 4.98 Å². The molecule has 2 nitrogen and oxygen atoms in total. The predicted octanol–water partition coefficient (Wildman–Crippen LogP) is 2.04. The van der Waals surface area contributed by atoms with Crippen molar-refractivity contribution in [2.75, 3.05) is 0 Å². The lowest BCUT2D eigenvalue weighted by Gasteiger charge is -1.85. The Hall–Kier alpha value is -0.220. The molecule has 0 aromatic carbocycles. The lowest BCUT2D eigenvalue weighted by molar-refractivity contribution is -0.116. The molecule has 0 unspecified atom stereocenters. The molecule has 0 N–H and O–H groups in total. The number of rotatable bonds is 2. The van der Waals surface area contributed by atoms with Crippen LogP contribution in [0.3, 0.4) is 0 Å². The highest BCUT2D eigenvalue weighted by Gasteiger charge is 2.00. The average Bonchev–Trinajstić information content (AvgIpc) is 2.13. The maximum absolute atomic E-state index is 10.6. The summed E-state index contributed by atoms with van der Waals surface area (Å²) in [7, 11) is 0. The third-order valence-electron chi connectivity index (χ3n) is 0.954. The molecule has 0 aliphatic rings. The first-order valence-electron chi connectivity index (χ1n) is 2.78. The molecule has 54 valence electrons. The van der Waals surface area contributed by atoms with Crippen LogP contribution in [0, 0.1) is 0 Å². The first-order chi connectivity index (χ1) is 4.68. The van der Waals surface area contributed by atoms with E-state index in [2.05, 4.69) is 20.9 Å². The van der Waals surface area contributed by atoms with Crippen molar-refractivity contribution in [2.45, 2.75) is 13.3 Å². The minimum atomic E-state index is 0.151. The number of carbonyl (C=O) groups is 1. The number of nitrogens with zero attached hydrogens (tertiary/aromatic N) is 1. The molecule has 0 saturated carbocycles. The number of aromatic nitrogens is 1. The van der Waals surface area contributed by atoms with E-state index in [4.69, 9.17) is 0 Å². The summed E-state index contributed by atoms with van der Waals surface area (Å²) in [6, 6.07) is 0. The quantitative estimate of drug-likeness (QED) is 0.763. The van der Waals surface area contributed by atoms with Crippen LogP contribution >= 0.6 is 27.3 Å². The Labute approximate surface area is 71.4 Å². The highest BCUT2D eigenvalue weighted by atomic mass is 79.9. The molecule has 0 aliphatic heterocycles. The molecule has 0 atom stereocenters. The lowest BCUT2D eigenvalue weighted by atomic mass is 10.3. The highest BCUT2D eigenvalue weighted by molar-refractivity contribution is 9.11. The summed E-state index contributed by atoms with van der Waals surface area (Å²) >= 11 is 4.72. The van der Waals surface area contributed by atoms with Crippen LogP contribution in [-0.4, -0.2) is 10.8 Å². The summed E-state index contributed by atoms with van der Waals surface area (Å²) in [6.45, 7) is 1.56. The van der Waals surface area contributed by atoms with Gasteiger partial charge in [0.15, 0.2) is 3.92 Å². The van der Waals surface area contributed by atoms with Gasteiger partial charge in [0.05, 0.1) is 5.69 Å². The average molecular weight is 220 g/mol. The fourth-order valence-electron chi connectivity index (χ4n) is 0.619. The number of ketones is 1. The van der Waals surface area contributed by atoms with Gasteiger partial charge in [-0.1, -0.05) is 0 Å². The van der Waals surface area contributed by atoms with Crippen LogP contribution in [0.15, 0.2) is 9.30 Å². The van der Waals surface area contributed by atoms with Gasteiger partial charge in [0.1, 0.15) is 5.78 Å². The summed E-state index contributed by atoms with van der Waals surface area (Å²) < 4.78 is 0.837. The molecule has 0 aliphatic carbocycles. The number of thiazole rings is 1. The monoisotopic (exact) mass is 219 g/mol. The summed E-state index contributed by atoms with van der Waals surface area (Å²) in [6.07, 6.45) is 0.447. The van der Waals surface area contributed by atoms with Gasteiger partial charge in [-0.05, 0) is 22.9 Å². The standard InChI is InChI=1S/C6H6BrNOS/c1-4(9)2-5-3-10-6(7)8-5/h3H,2H2,1H3. The number of hydrogen-bond acceptors (Lipinski definition) is 3. The first kappa shape index (κ1) is 7.88. The van der Waals surface area contributed by atoms with Gasteiger partial charge >= 0.3 is 0 Å². The van der Waals surface area contributed by atoms with Crippen molar-refractivity contribution in [3.8, 4) is 0 Å². The van der Waals surface area contributed by atoms with Crippen LogP contribution in [0.2, 0.25) is 0 Å². The Kier molecular flexibility index (Phi) is 2.56. The molecule has 1 heterocycles. The number of carbonyl (C=O) groups excluding carboxylic acids is 1. The topological polar surface area (TPSA) is 30.0 Å². The van der Waals surface area contributed by atoms with Crippen molar-refractivity contribution in [2.24, 2.45) is 0 Å². The van der Waals surface area contributed by atoms with E-state index in [1.54, 1.807) is 6.92 Å². The van der Waals surface area contributed by atoms with Gasteiger partial charge < -0.3 is 0 Å². The van der Waals surface area contributed by atoms with Crippen molar-refractivity contribution in [3.63, 3.8) is 0 Å². The minimum Gasteiger partial charge on any atom is -0.300 e. The molecular formula is C6H6BrNOS. The zero-order valence-corrected chi connectivity index (χ0v) is 7.83. The number of halogens is 1. The van der Waals surface area contributed by atoms with Crippen LogP contribution < -0.4 is 0 Å². The van der Waals surface area contributed by atoms with Crippen LogP contribution in [0.4, 0.5) is 0 Å². The van der Waals surface area contributed by atoms with E-state index >= 15 is 0 Å². The molecule has 0 saturated heterocycles. The minimum absolute atomic E-state index is 0.151. The van der Waals surface area contributed by atoms with Gasteiger partial charge in [0.25, 0.3) is 0 Å². The van der Waals surface area contributed by atoms with Gasteiger partial charge in [0.2, 0.25) is 0 Å². The Morgan fingerprint density at radius 3 is 3.00 bits per heavy atom. The Bertz CT molecular complexity index is 246. The highest BCUT2D eigenvalue weighted by Crippen LogP contribution is 2.15. The van der Waals surface area contributed by atoms with E-state index < -0.39 is 0 Å². The van der Waals surface area contributed by atoms with Crippen LogP contribution in [0.5, 0.6) is 0 Å². The molecule has 0 spiro atoms. The third kappa shape index (κ3) is 2.19. The third-order valence-corrected chi connectivity index (χ3v) is 2.37. The summed E-state index contributed by atoms with van der Waals surface area (Å²) in [5.41, 5.74) is 0.851. The van der Waals surface area contributed by atoms with E-state index in [1.165, 1.54) is 11.3 Å². The van der Waals surface area contributed by atoms with Crippen LogP contribution in [0.25, 0.3) is 0 Å². The largest absolute Gasteiger partial charge is 0.300 e. The predicted molar refractivity (Wildman–Crippen MR) is 44.2 cm³/mol. The van der Waals surface area contributed by atoms with E-state index in [1.807, 2.05) is 5.38 Å². The molecule has 1 aromatic rings. The van der Waals surface area contributed by atoms with Crippen molar-refractivity contribution >= 4 is 33.0 Å². The van der Waals surface area contributed by atoms with Gasteiger partial charge in [-0.15, -0.1) is 11.3 Å². The molecular weight excluding hydrogens is 214 g/mol. The number of Topliss-reactive ketones (excluding diaryl/α,β-unsaturated/α-hetero) is 1. The van der Waals surface area contributed by atoms with Gasteiger partial charge in [-0.3, -0.25) is 4.79 Å². The fourth-order valence-corrected chi connectivity index (χ4v) is 1.67. The van der Waals surface area contributed by atoms with Gasteiger partial charge in [0, 0.05) is 11.8 Å². The van der Waals surface area contributed by atoms with Gasteiger partial charge in [-0.25, -0.2) is 4.98 Å². The maximum Gasteiger partial charge on any atom is 0.159 e. The van der Waals surface area contributed by atoms with E-state index in [0.29, 0.717) is 6.42 Å². The second-order valence-corrected chi connectivity index (χ2v) is 4.10. The zero-order valence-electron chi connectivity index (χ0n) is 5.43. The first-order valence-corrected chi connectivity index (χ1v) is 4.45. The summed E-state index contributed by atoms with van der Waals surface area (Å²) in [5.74, 6) is 0.151. The number of hydrogen-bond donors (Lipinski definition) is 0. The normalized spacial score (nSPS) is 9.80. The maximum atomic E-state index is 10.6. The Morgan fingerprint density at radius 1 is 1.90 bits per heavy atom. The summed E-state index contributed by atoms with van der Waals surface area (Å²) in [5, 5.41) is 1.88. The Morgan fingerprint density at radius 2 is 2.60 bits per heavy atom. The van der Waals surface area contributed by atoms with Crippen LogP contribution in [-0.2, 0) is 11.2 Å². The molecule has 0 bridgehead atoms. The van der Waals surface area contributed by atoms with E-state index in [9.17, 15) is 4.79 Å². The van der Waals surface area contributed by atoms with Gasteiger partial charge in [-0.2, -0.15) is 0 Å².